The number of aliphatic imine (C=N–C) groups is 1. The standard InChI is InChI=1S/C14H16N4O4S/c1-3-22-13(19)10-11(16-14(23-2)17-12(10)15)8-6-4-5-7-9(8)18(20)21/h4-7,11H,3,15H2,1-2H3,(H,16,17). The van der Waals surface area contributed by atoms with Gasteiger partial charge in [0.25, 0.3) is 5.69 Å². The number of para-hydroxylation sites is 1. The molecule has 1 heterocycles. The summed E-state index contributed by atoms with van der Waals surface area (Å²) in [4.78, 5) is 27.4. The highest BCUT2D eigenvalue weighted by atomic mass is 32.2. The van der Waals surface area contributed by atoms with E-state index in [4.69, 9.17) is 10.5 Å². The molecule has 0 fully saturated rings. The predicted octanol–water partition coefficient (Wildman–Crippen LogP) is 1.69. The molecule has 0 spiro atoms. The number of thioether (sulfide) groups is 1. The average molecular weight is 336 g/mol. The number of nitrogens with two attached hydrogens (primary N) is 1. The van der Waals surface area contributed by atoms with Gasteiger partial charge >= 0.3 is 5.97 Å². The molecule has 1 aliphatic rings. The van der Waals surface area contributed by atoms with E-state index in [9.17, 15) is 14.9 Å². The van der Waals surface area contributed by atoms with Crippen LogP contribution in [0.4, 0.5) is 5.69 Å². The van der Waals surface area contributed by atoms with Crippen molar-refractivity contribution < 1.29 is 14.5 Å². The van der Waals surface area contributed by atoms with Crippen molar-refractivity contribution in [3.63, 3.8) is 0 Å². The van der Waals surface area contributed by atoms with Gasteiger partial charge in [-0.3, -0.25) is 10.1 Å². The van der Waals surface area contributed by atoms with Crippen molar-refractivity contribution >= 4 is 28.6 Å². The van der Waals surface area contributed by atoms with Crippen molar-refractivity contribution in [1.82, 2.24) is 5.32 Å². The van der Waals surface area contributed by atoms with Crippen LogP contribution in [-0.4, -0.2) is 28.9 Å². The van der Waals surface area contributed by atoms with Gasteiger partial charge in [-0.15, -0.1) is 0 Å². The minimum absolute atomic E-state index is 0.0685. The molecular formula is C14H16N4O4S. The van der Waals surface area contributed by atoms with Crippen molar-refractivity contribution in [1.29, 1.82) is 0 Å². The summed E-state index contributed by atoms with van der Waals surface area (Å²) in [5, 5.41) is 14.5. The topological polar surface area (TPSA) is 120 Å². The third-order valence-electron chi connectivity index (χ3n) is 3.17. The summed E-state index contributed by atoms with van der Waals surface area (Å²) < 4.78 is 5.01. The Balaban J connectivity index is 2.58. The smallest absolute Gasteiger partial charge is 0.340 e. The Hall–Kier alpha value is -2.55. The molecule has 0 aromatic heterocycles. The molecule has 122 valence electrons. The number of carbonyl (C=O) groups excluding carboxylic acids is 1. The van der Waals surface area contributed by atoms with E-state index in [0.717, 1.165) is 0 Å². The van der Waals surface area contributed by atoms with Gasteiger partial charge in [-0.05, 0) is 19.2 Å². The Morgan fingerprint density at radius 3 is 2.83 bits per heavy atom. The lowest BCUT2D eigenvalue weighted by atomic mass is 9.96. The van der Waals surface area contributed by atoms with Crippen molar-refractivity contribution in [2.24, 2.45) is 10.7 Å². The van der Waals surface area contributed by atoms with E-state index in [1.54, 1.807) is 31.4 Å². The van der Waals surface area contributed by atoms with Crippen molar-refractivity contribution in [2.75, 3.05) is 12.9 Å². The van der Waals surface area contributed by atoms with Gasteiger partial charge in [-0.1, -0.05) is 23.9 Å². The molecule has 0 aliphatic carbocycles. The molecule has 0 radical (unpaired) electrons. The number of nitro groups is 1. The van der Waals surface area contributed by atoms with Gasteiger partial charge in [-0.25, -0.2) is 9.79 Å². The molecule has 0 bridgehead atoms. The minimum Gasteiger partial charge on any atom is -0.462 e. The van der Waals surface area contributed by atoms with E-state index in [-0.39, 0.29) is 29.3 Å². The first-order valence-corrected chi connectivity index (χ1v) is 8.01. The van der Waals surface area contributed by atoms with Crippen LogP contribution in [-0.2, 0) is 9.53 Å². The van der Waals surface area contributed by atoms with Crippen LogP contribution in [0.15, 0.2) is 40.7 Å². The molecule has 9 heteroatoms. The van der Waals surface area contributed by atoms with Gasteiger partial charge in [0, 0.05) is 6.07 Å². The Morgan fingerprint density at radius 1 is 1.52 bits per heavy atom. The second-order valence-electron chi connectivity index (χ2n) is 4.53. The maximum Gasteiger partial charge on any atom is 0.340 e. The third-order valence-corrected chi connectivity index (χ3v) is 3.76. The van der Waals surface area contributed by atoms with E-state index >= 15 is 0 Å². The number of hydrogen-bond acceptors (Lipinski definition) is 8. The van der Waals surface area contributed by atoms with Gasteiger partial charge in [0.1, 0.15) is 17.4 Å². The summed E-state index contributed by atoms with van der Waals surface area (Å²) in [7, 11) is 0. The van der Waals surface area contributed by atoms with E-state index in [2.05, 4.69) is 10.3 Å². The van der Waals surface area contributed by atoms with Crippen molar-refractivity contribution in [3.05, 3.63) is 51.3 Å². The predicted molar refractivity (Wildman–Crippen MR) is 87.8 cm³/mol. The van der Waals surface area contributed by atoms with Crippen LogP contribution in [0, 0.1) is 10.1 Å². The highest BCUT2D eigenvalue weighted by Gasteiger charge is 2.34. The Labute approximate surface area is 136 Å². The van der Waals surface area contributed by atoms with Crippen LogP contribution >= 0.6 is 11.8 Å². The van der Waals surface area contributed by atoms with Crippen LogP contribution in [0.1, 0.15) is 18.5 Å². The number of nitrogens with one attached hydrogen (secondary N) is 1. The first-order chi connectivity index (χ1) is 11.0. The lowest BCUT2D eigenvalue weighted by Gasteiger charge is -2.24. The fourth-order valence-electron chi connectivity index (χ4n) is 2.19. The van der Waals surface area contributed by atoms with E-state index in [1.165, 1.54) is 17.8 Å². The molecule has 0 saturated heterocycles. The number of nitrogens with zero attached hydrogens (tertiary/aromatic N) is 2. The Morgan fingerprint density at radius 2 is 2.22 bits per heavy atom. The molecule has 2 rings (SSSR count). The number of nitro benzene ring substituents is 1. The fraction of sp³-hybridized carbons (Fsp3) is 0.286. The highest BCUT2D eigenvalue weighted by Crippen LogP contribution is 2.36. The molecule has 1 aromatic rings. The van der Waals surface area contributed by atoms with Crippen molar-refractivity contribution in [3.8, 4) is 0 Å². The molecule has 1 aliphatic heterocycles. The molecular weight excluding hydrogens is 320 g/mol. The molecule has 1 unspecified atom stereocenters. The number of ether oxygens (including phenoxy) is 1. The first-order valence-electron chi connectivity index (χ1n) is 6.78. The SMILES string of the molecule is CCOC(=O)C1=C(N)NC(SC)=NC1c1ccccc1[N+](=O)[O-]. The largest absolute Gasteiger partial charge is 0.462 e. The number of carbonyl (C=O) groups is 1. The first kappa shape index (κ1) is 16.8. The summed E-state index contributed by atoms with van der Waals surface area (Å²) in [6, 6.07) is 5.24. The maximum absolute atomic E-state index is 12.2. The van der Waals surface area contributed by atoms with Crippen LogP contribution < -0.4 is 11.1 Å². The lowest BCUT2D eigenvalue weighted by molar-refractivity contribution is -0.385. The minimum atomic E-state index is -0.889. The average Bonchev–Trinajstić information content (AvgIpc) is 2.54. The molecule has 0 saturated carbocycles. The second kappa shape index (κ2) is 7.14. The summed E-state index contributed by atoms with van der Waals surface area (Å²) in [5.41, 5.74) is 6.16. The maximum atomic E-state index is 12.2. The van der Waals surface area contributed by atoms with E-state index in [0.29, 0.717) is 5.17 Å². The van der Waals surface area contributed by atoms with E-state index < -0.39 is 16.9 Å². The summed E-state index contributed by atoms with van der Waals surface area (Å²) in [6.45, 7) is 1.83. The molecule has 23 heavy (non-hydrogen) atoms. The normalized spacial score (nSPS) is 17.3. The number of benzene rings is 1. The van der Waals surface area contributed by atoms with Gasteiger partial charge in [0.15, 0.2) is 5.17 Å². The van der Waals surface area contributed by atoms with Gasteiger partial charge in [-0.2, -0.15) is 0 Å². The molecule has 1 aromatic carbocycles. The van der Waals surface area contributed by atoms with Gasteiger partial charge < -0.3 is 15.8 Å². The number of hydrogen-bond donors (Lipinski definition) is 2. The molecule has 3 N–H and O–H groups in total. The van der Waals surface area contributed by atoms with Crippen LogP contribution in [0.2, 0.25) is 0 Å². The number of esters is 1. The van der Waals surface area contributed by atoms with Gasteiger partial charge in [0.2, 0.25) is 0 Å². The van der Waals surface area contributed by atoms with E-state index in [1.807, 2.05) is 0 Å². The van der Waals surface area contributed by atoms with Crippen molar-refractivity contribution in [2.45, 2.75) is 13.0 Å². The quantitative estimate of drug-likeness (QED) is 0.487. The van der Waals surface area contributed by atoms with Gasteiger partial charge in [0.05, 0.1) is 17.1 Å². The zero-order chi connectivity index (χ0) is 17.0. The monoisotopic (exact) mass is 336 g/mol. The Bertz CT molecular complexity index is 702. The zero-order valence-electron chi connectivity index (χ0n) is 12.6. The van der Waals surface area contributed by atoms with Crippen LogP contribution in [0.25, 0.3) is 0 Å². The summed E-state index contributed by atoms with van der Waals surface area (Å²) >= 11 is 1.29. The summed E-state index contributed by atoms with van der Waals surface area (Å²) in [5.74, 6) is -0.560. The molecule has 8 nitrogen and oxygen atoms in total. The summed E-state index contributed by atoms with van der Waals surface area (Å²) in [6.07, 6.45) is 1.78. The molecule has 0 amide bonds. The third kappa shape index (κ3) is 3.45. The van der Waals surface area contributed by atoms with Crippen LogP contribution in [0.5, 0.6) is 0 Å². The lowest BCUT2D eigenvalue weighted by Crippen LogP contribution is -2.35. The Kier molecular flexibility index (Phi) is 5.22. The fourth-order valence-corrected chi connectivity index (χ4v) is 2.61. The number of amidine groups is 1. The second-order valence-corrected chi connectivity index (χ2v) is 5.32. The number of rotatable bonds is 4. The van der Waals surface area contributed by atoms with Crippen LogP contribution in [0.3, 0.4) is 0 Å². The highest BCUT2D eigenvalue weighted by molar-refractivity contribution is 8.13. The zero-order valence-corrected chi connectivity index (χ0v) is 13.4. The molecule has 1 atom stereocenters.